The molecule has 3 heteroatoms. The van der Waals surface area contributed by atoms with Crippen molar-refractivity contribution in [3.63, 3.8) is 0 Å². The molecule has 0 radical (unpaired) electrons. The summed E-state index contributed by atoms with van der Waals surface area (Å²) in [6, 6.07) is 4.47. The summed E-state index contributed by atoms with van der Waals surface area (Å²) >= 11 is 0. The van der Waals surface area contributed by atoms with Crippen LogP contribution in [0.2, 0.25) is 0 Å². The van der Waals surface area contributed by atoms with Crippen molar-refractivity contribution in [2.24, 2.45) is 5.41 Å². The molecular formula is C15H25N3. The van der Waals surface area contributed by atoms with Gasteiger partial charge in [0.25, 0.3) is 0 Å². The lowest BCUT2D eigenvalue weighted by atomic mass is 9.91. The summed E-state index contributed by atoms with van der Waals surface area (Å²) in [5, 5.41) is 12.5. The van der Waals surface area contributed by atoms with Gasteiger partial charge in [-0.3, -0.25) is 0 Å². The van der Waals surface area contributed by atoms with Crippen molar-refractivity contribution in [2.75, 3.05) is 0 Å². The van der Waals surface area contributed by atoms with Crippen molar-refractivity contribution in [1.29, 1.82) is 5.26 Å². The van der Waals surface area contributed by atoms with E-state index < -0.39 is 0 Å². The second-order valence-corrected chi connectivity index (χ2v) is 6.61. The van der Waals surface area contributed by atoms with Crippen LogP contribution in [0.25, 0.3) is 0 Å². The Hall–Kier alpha value is -1.27. The first-order valence-corrected chi connectivity index (χ1v) is 6.53. The standard InChI is InChI=1S/C15H25N3/c1-14(2,3)17-10-13-6-8-18(11-13)9-7-15(4,5)12-16/h6,8,11,17H,7,9-10H2,1-5H3. The number of aryl methyl sites for hydroxylation is 1. The highest BCUT2D eigenvalue weighted by Gasteiger charge is 2.16. The SMILES string of the molecule is CC(C)(C#N)CCn1ccc(CNC(C)(C)C)c1. The fourth-order valence-electron chi connectivity index (χ4n) is 1.57. The Kier molecular flexibility index (Phi) is 4.59. The molecule has 1 aromatic rings. The van der Waals surface area contributed by atoms with E-state index in [1.165, 1.54) is 5.56 Å². The molecule has 3 nitrogen and oxygen atoms in total. The summed E-state index contributed by atoms with van der Waals surface area (Å²) in [5.74, 6) is 0. The minimum Gasteiger partial charge on any atom is -0.354 e. The number of hydrogen-bond donors (Lipinski definition) is 1. The maximum absolute atomic E-state index is 8.98. The lowest BCUT2D eigenvalue weighted by Gasteiger charge is -2.20. The van der Waals surface area contributed by atoms with E-state index in [1.54, 1.807) is 0 Å². The quantitative estimate of drug-likeness (QED) is 0.867. The third-order valence-corrected chi connectivity index (χ3v) is 2.93. The van der Waals surface area contributed by atoms with Gasteiger partial charge in [-0.2, -0.15) is 5.26 Å². The minimum absolute atomic E-state index is 0.144. The number of nitriles is 1. The van der Waals surface area contributed by atoms with E-state index in [1.807, 2.05) is 13.8 Å². The van der Waals surface area contributed by atoms with Gasteiger partial charge in [-0.1, -0.05) is 0 Å². The van der Waals surface area contributed by atoms with Crippen LogP contribution in [0.15, 0.2) is 18.5 Å². The van der Waals surface area contributed by atoms with Crippen molar-refractivity contribution < 1.29 is 0 Å². The second kappa shape index (κ2) is 5.58. The summed E-state index contributed by atoms with van der Waals surface area (Å²) in [6.07, 6.45) is 5.13. The molecule has 0 spiro atoms. The van der Waals surface area contributed by atoms with Gasteiger partial charge in [-0.05, 0) is 52.7 Å². The fourth-order valence-corrected chi connectivity index (χ4v) is 1.57. The molecule has 0 amide bonds. The van der Waals surface area contributed by atoms with E-state index in [0.29, 0.717) is 0 Å². The first-order valence-electron chi connectivity index (χ1n) is 6.53. The first-order chi connectivity index (χ1) is 8.22. The molecule has 1 N–H and O–H groups in total. The highest BCUT2D eigenvalue weighted by atomic mass is 15.0. The molecule has 0 saturated heterocycles. The van der Waals surface area contributed by atoms with Crippen molar-refractivity contribution in [3.8, 4) is 6.07 Å². The zero-order valence-corrected chi connectivity index (χ0v) is 12.2. The molecule has 0 atom stereocenters. The van der Waals surface area contributed by atoms with Gasteiger partial charge in [-0.25, -0.2) is 0 Å². The van der Waals surface area contributed by atoms with Gasteiger partial charge in [0.1, 0.15) is 0 Å². The summed E-state index contributed by atoms with van der Waals surface area (Å²) < 4.78 is 2.17. The van der Waals surface area contributed by atoms with Crippen LogP contribution in [0, 0.1) is 16.7 Å². The molecule has 0 bridgehead atoms. The van der Waals surface area contributed by atoms with E-state index in [4.69, 9.17) is 5.26 Å². The molecule has 18 heavy (non-hydrogen) atoms. The summed E-state index contributed by atoms with van der Waals surface area (Å²) in [4.78, 5) is 0. The van der Waals surface area contributed by atoms with Gasteiger partial charge in [0.2, 0.25) is 0 Å². The molecule has 100 valence electrons. The zero-order chi connectivity index (χ0) is 13.8. The Morgan fingerprint density at radius 1 is 1.28 bits per heavy atom. The highest BCUT2D eigenvalue weighted by Crippen LogP contribution is 2.19. The van der Waals surface area contributed by atoms with E-state index in [0.717, 1.165) is 19.5 Å². The van der Waals surface area contributed by atoms with E-state index in [-0.39, 0.29) is 11.0 Å². The Morgan fingerprint density at radius 2 is 1.94 bits per heavy atom. The molecule has 1 rings (SSSR count). The Morgan fingerprint density at radius 3 is 2.50 bits per heavy atom. The second-order valence-electron chi connectivity index (χ2n) is 6.61. The zero-order valence-electron chi connectivity index (χ0n) is 12.2. The molecule has 0 aliphatic heterocycles. The summed E-state index contributed by atoms with van der Waals surface area (Å²) in [6.45, 7) is 12.3. The Labute approximate surface area is 111 Å². The lowest BCUT2D eigenvalue weighted by molar-refractivity contribution is 0.412. The fraction of sp³-hybridized carbons (Fsp3) is 0.667. The average Bonchev–Trinajstić information content (AvgIpc) is 2.71. The molecule has 0 unspecified atom stereocenters. The molecule has 0 fully saturated rings. The van der Waals surface area contributed by atoms with Crippen LogP contribution in [0.4, 0.5) is 0 Å². The Bertz CT molecular complexity index is 416. The van der Waals surface area contributed by atoms with Crippen LogP contribution in [0.3, 0.4) is 0 Å². The largest absolute Gasteiger partial charge is 0.354 e. The molecular weight excluding hydrogens is 222 g/mol. The van der Waals surface area contributed by atoms with Crippen molar-refractivity contribution in [1.82, 2.24) is 9.88 Å². The van der Waals surface area contributed by atoms with Gasteiger partial charge >= 0.3 is 0 Å². The molecule has 0 aliphatic carbocycles. The van der Waals surface area contributed by atoms with E-state index in [9.17, 15) is 0 Å². The Balaban J connectivity index is 2.47. The van der Waals surface area contributed by atoms with E-state index >= 15 is 0 Å². The third kappa shape index (κ3) is 5.37. The van der Waals surface area contributed by atoms with Crippen LogP contribution in [0.1, 0.15) is 46.6 Å². The molecule has 0 aliphatic rings. The van der Waals surface area contributed by atoms with Gasteiger partial charge in [0.05, 0.1) is 11.5 Å². The van der Waals surface area contributed by atoms with Gasteiger partial charge in [0.15, 0.2) is 0 Å². The highest BCUT2D eigenvalue weighted by molar-refractivity contribution is 5.10. The first kappa shape index (κ1) is 14.8. The van der Waals surface area contributed by atoms with Crippen LogP contribution in [0.5, 0.6) is 0 Å². The van der Waals surface area contributed by atoms with E-state index in [2.05, 4.69) is 55.2 Å². The van der Waals surface area contributed by atoms with Crippen molar-refractivity contribution in [2.45, 2.75) is 59.7 Å². The number of nitrogens with zero attached hydrogens (tertiary/aromatic N) is 2. The predicted molar refractivity (Wildman–Crippen MR) is 75.0 cm³/mol. The maximum atomic E-state index is 8.98. The number of rotatable bonds is 5. The smallest absolute Gasteiger partial charge is 0.0684 e. The van der Waals surface area contributed by atoms with Crippen LogP contribution in [-0.4, -0.2) is 10.1 Å². The molecule has 0 aromatic carbocycles. The van der Waals surface area contributed by atoms with Crippen LogP contribution in [-0.2, 0) is 13.1 Å². The minimum atomic E-state index is -0.242. The van der Waals surface area contributed by atoms with Crippen molar-refractivity contribution in [3.05, 3.63) is 24.0 Å². The number of hydrogen-bond acceptors (Lipinski definition) is 2. The average molecular weight is 247 g/mol. The number of aromatic nitrogens is 1. The number of nitrogens with one attached hydrogen (secondary N) is 1. The topological polar surface area (TPSA) is 40.8 Å². The van der Waals surface area contributed by atoms with Gasteiger partial charge in [-0.15, -0.1) is 0 Å². The monoisotopic (exact) mass is 247 g/mol. The maximum Gasteiger partial charge on any atom is 0.0684 e. The van der Waals surface area contributed by atoms with Crippen LogP contribution >= 0.6 is 0 Å². The molecule has 1 heterocycles. The van der Waals surface area contributed by atoms with Crippen LogP contribution < -0.4 is 5.32 Å². The lowest BCUT2D eigenvalue weighted by Crippen LogP contribution is -2.34. The van der Waals surface area contributed by atoms with Crippen molar-refractivity contribution >= 4 is 0 Å². The summed E-state index contributed by atoms with van der Waals surface area (Å²) in [5.41, 5.74) is 1.19. The third-order valence-electron chi connectivity index (χ3n) is 2.93. The molecule has 0 saturated carbocycles. The molecule has 1 aromatic heterocycles. The van der Waals surface area contributed by atoms with Gasteiger partial charge < -0.3 is 9.88 Å². The summed E-state index contributed by atoms with van der Waals surface area (Å²) in [7, 11) is 0. The normalized spacial score (nSPS) is 12.4. The van der Waals surface area contributed by atoms with Gasteiger partial charge in [0, 0.05) is 31.0 Å². The predicted octanol–water partition coefficient (Wildman–Crippen LogP) is 3.32.